The lowest BCUT2D eigenvalue weighted by Gasteiger charge is -2.30. The molecule has 2 N–H and O–H groups in total. The zero-order chi connectivity index (χ0) is 20.5. The van der Waals surface area contributed by atoms with E-state index in [2.05, 4.69) is 10.6 Å². The number of rotatable bonds is 7. The second-order valence-electron chi connectivity index (χ2n) is 6.88. The number of urea groups is 1. The highest BCUT2D eigenvalue weighted by atomic mass is 35.5. The summed E-state index contributed by atoms with van der Waals surface area (Å²) in [5.41, 5.74) is 1.87. The van der Waals surface area contributed by atoms with E-state index in [4.69, 9.17) is 16.3 Å². The van der Waals surface area contributed by atoms with Crippen molar-refractivity contribution in [3.8, 4) is 0 Å². The summed E-state index contributed by atoms with van der Waals surface area (Å²) in [5.74, 6) is -0.417. The zero-order valence-electron chi connectivity index (χ0n) is 16.3. The van der Waals surface area contributed by atoms with E-state index in [0.29, 0.717) is 44.3 Å². The number of ether oxygens (including phenoxy) is 1. The lowest BCUT2D eigenvalue weighted by atomic mass is 9.97. The molecule has 0 radical (unpaired) electrons. The van der Waals surface area contributed by atoms with E-state index < -0.39 is 5.92 Å². The van der Waals surface area contributed by atoms with Gasteiger partial charge in [0.25, 0.3) is 0 Å². The van der Waals surface area contributed by atoms with Gasteiger partial charge in [-0.3, -0.25) is 4.79 Å². The highest BCUT2D eigenvalue weighted by Crippen LogP contribution is 2.19. The fourth-order valence-corrected chi connectivity index (χ4v) is 3.54. The van der Waals surface area contributed by atoms with Gasteiger partial charge in [0.15, 0.2) is 0 Å². The van der Waals surface area contributed by atoms with Crippen LogP contribution >= 0.6 is 11.6 Å². The standard InChI is InChI=1S/C22H26ClN3O3/c23-20-9-5-4-8-18(20)10-11-24-22(28)25-16-19(17-6-2-1-3-7-17)21(27)26-12-14-29-15-13-26/h1-9,19H,10-16H2,(H2,24,25,28). The van der Waals surface area contributed by atoms with E-state index in [1.165, 1.54) is 0 Å². The predicted octanol–water partition coefficient (Wildman–Crippen LogP) is 2.82. The van der Waals surface area contributed by atoms with E-state index in [1.54, 1.807) is 4.90 Å². The summed E-state index contributed by atoms with van der Waals surface area (Å²) >= 11 is 6.14. The fraction of sp³-hybridized carbons (Fsp3) is 0.364. The van der Waals surface area contributed by atoms with E-state index in [0.717, 1.165) is 11.1 Å². The van der Waals surface area contributed by atoms with Crippen molar-refractivity contribution < 1.29 is 14.3 Å². The minimum atomic E-state index is -0.427. The molecule has 1 unspecified atom stereocenters. The summed E-state index contributed by atoms with van der Waals surface area (Å²) in [6.07, 6.45) is 0.641. The van der Waals surface area contributed by atoms with Gasteiger partial charge in [-0.2, -0.15) is 0 Å². The van der Waals surface area contributed by atoms with Crippen molar-refractivity contribution in [1.82, 2.24) is 15.5 Å². The van der Waals surface area contributed by atoms with E-state index in [9.17, 15) is 9.59 Å². The molecule has 3 rings (SSSR count). The fourth-order valence-electron chi connectivity index (χ4n) is 3.31. The van der Waals surface area contributed by atoms with Crippen molar-refractivity contribution in [3.63, 3.8) is 0 Å². The van der Waals surface area contributed by atoms with Gasteiger partial charge in [0.05, 0.1) is 19.1 Å². The molecule has 0 spiro atoms. The van der Waals surface area contributed by atoms with Gasteiger partial charge in [0.1, 0.15) is 0 Å². The van der Waals surface area contributed by atoms with Crippen LogP contribution in [0.4, 0.5) is 4.79 Å². The van der Waals surface area contributed by atoms with Gasteiger partial charge in [0.2, 0.25) is 5.91 Å². The number of nitrogens with zero attached hydrogens (tertiary/aromatic N) is 1. The molecule has 6 nitrogen and oxygen atoms in total. The Morgan fingerprint density at radius 1 is 1.00 bits per heavy atom. The number of halogens is 1. The van der Waals surface area contributed by atoms with Crippen molar-refractivity contribution in [2.45, 2.75) is 12.3 Å². The van der Waals surface area contributed by atoms with Crippen molar-refractivity contribution in [2.75, 3.05) is 39.4 Å². The first-order valence-electron chi connectivity index (χ1n) is 9.81. The molecule has 0 aromatic heterocycles. The van der Waals surface area contributed by atoms with Crippen LogP contribution in [-0.4, -0.2) is 56.2 Å². The second kappa shape index (κ2) is 10.8. The zero-order valence-corrected chi connectivity index (χ0v) is 17.0. The normalized spacial score (nSPS) is 14.9. The van der Waals surface area contributed by atoms with Crippen LogP contribution in [0, 0.1) is 0 Å². The lowest BCUT2D eigenvalue weighted by Crippen LogP contribution is -2.46. The Kier molecular flexibility index (Phi) is 7.90. The first-order chi connectivity index (χ1) is 14.1. The number of carbonyl (C=O) groups excluding carboxylic acids is 2. The quantitative estimate of drug-likeness (QED) is 0.730. The number of benzene rings is 2. The van der Waals surface area contributed by atoms with Gasteiger partial charge in [-0.05, 0) is 23.6 Å². The van der Waals surface area contributed by atoms with E-state index >= 15 is 0 Å². The summed E-state index contributed by atoms with van der Waals surface area (Å²) in [5, 5.41) is 6.36. The van der Waals surface area contributed by atoms with Crippen LogP contribution in [-0.2, 0) is 16.0 Å². The van der Waals surface area contributed by atoms with E-state index in [1.807, 2.05) is 54.6 Å². The molecule has 2 aromatic rings. The van der Waals surface area contributed by atoms with Gasteiger partial charge in [-0.25, -0.2) is 4.79 Å². The summed E-state index contributed by atoms with van der Waals surface area (Å²) in [7, 11) is 0. The van der Waals surface area contributed by atoms with Crippen LogP contribution in [0.1, 0.15) is 17.0 Å². The van der Waals surface area contributed by atoms with Crippen LogP contribution in [0.15, 0.2) is 54.6 Å². The summed E-state index contributed by atoms with van der Waals surface area (Å²) in [6, 6.07) is 16.8. The maximum atomic E-state index is 13.0. The summed E-state index contributed by atoms with van der Waals surface area (Å²) in [4.78, 5) is 27.1. The van der Waals surface area contributed by atoms with Crippen molar-refractivity contribution in [1.29, 1.82) is 0 Å². The number of morpholine rings is 1. The predicted molar refractivity (Wildman–Crippen MR) is 113 cm³/mol. The molecule has 0 aliphatic carbocycles. The molecule has 1 heterocycles. The topological polar surface area (TPSA) is 70.7 Å². The first kappa shape index (κ1) is 21.1. The third kappa shape index (κ3) is 6.21. The minimum Gasteiger partial charge on any atom is -0.378 e. The third-order valence-electron chi connectivity index (χ3n) is 4.93. The molecule has 1 atom stereocenters. The van der Waals surface area contributed by atoms with Crippen molar-refractivity contribution in [3.05, 3.63) is 70.7 Å². The second-order valence-corrected chi connectivity index (χ2v) is 7.29. The average Bonchev–Trinajstić information content (AvgIpc) is 2.76. The average molecular weight is 416 g/mol. The molecule has 29 heavy (non-hydrogen) atoms. The number of carbonyl (C=O) groups is 2. The van der Waals surface area contributed by atoms with Gasteiger partial charge in [0, 0.05) is 31.2 Å². The molecule has 0 saturated carbocycles. The molecule has 3 amide bonds. The SMILES string of the molecule is O=C(NCCc1ccccc1Cl)NCC(C(=O)N1CCOCC1)c1ccccc1. The lowest BCUT2D eigenvalue weighted by molar-refractivity contribution is -0.136. The molecular formula is C22H26ClN3O3. The van der Waals surface area contributed by atoms with Crippen LogP contribution in [0.3, 0.4) is 0 Å². The Labute approximate surface area is 176 Å². The Balaban J connectivity index is 1.54. The first-order valence-corrected chi connectivity index (χ1v) is 10.2. The number of hydrogen-bond donors (Lipinski definition) is 2. The maximum absolute atomic E-state index is 13.0. The molecule has 1 aliphatic rings. The molecule has 154 valence electrons. The number of hydrogen-bond acceptors (Lipinski definition) is 3. The van der Waals surface area contributed by atoms with Gasteiger partial charge >= 0.3 is 6.03 Å². The highest BCUT2D eigenvalue weighted by molar-refractivity contribution is 6.31. The number of amides is 3. The summed E-state index contributed by atoms with van der Waals surface area (Å²) in [6.45, 7) is 2.94. The number of nitrogens with one attached hydrogen (secondary N) is 2. The van der Waals surface area contributed by atoms with Gasteiger partial charge in [-0.15, -0.1) is 0 Å². The Bertz CT molecular complexity index is 810. The molecule has 1 fully saturated rings. The Morgan fingerprint density at radius 2 is 1.69 bits per heavy atom. The van der Waals surface area contributed by atoms with E-state index in [-0.39, 0.29) is 18.5 Å². The third-order valence-corrected chi connectivity index (χ3v) is 5.30. The molecule has 0 bridgehead atoms. The maximum Gasteiger partial charge on any atom is 0.314 e. The molecular weight excluding hydrogens is 390 g/mol. The van der Waals surface area contributed by atoms with Gasteiger partial charge in [-0.1, -0.05) is 60.1 Å². The highest BCUT2D eigenvalue weighted by Gasteiger charge is 2.27. The molecule has 2 aromatic carbocycles. The molecule has 1 aliphatic heterocycles. The monoisotopic (exact) mass is 415 g/mol. The minimum absolute atomic E-state index is 0.0101. The van der Waals surface area contributed by atoms with Crippen molar-refractivity contribution >= 4 is 23.5 Å². The van der Waals surface area contributed by atoms with Gasteiger partial charge < -0.3 is 20.3 Å². The van der Waals surface area contributed by atoms with Crippen LogP contribution in [0.2, 0.25) is 5.02 Å². The molecule has 1 saturated heterocycles. The van der Waals surface area contributed by atoms with Crippen LogP contribution in [0.25, 0.3) is 0 Å². The smallest absolute Gasteiger partial charge is 0.314 e. The van der Waals surface area contributed by atoms with Crippen LogP contribution < -0.4 is 10.6 Å². The molecule has 7 heteroatoms. The Hall–Kier alpha value is -2.57. The summed E-state index contributed by atoms with van der Waals surface area (Å²) < 4.78 is 5.34. The largest absolute Gasteiger partial charge is 0.378 e. The van der Waals surface area contributed by atoms with Crippen molar-refractivity contribution in [2.24, 2.45) is 0 Å². The Morgan fingerprint density at radius 3 is 2.41 bits per heavy atom. The van der Waals surface area contributed by atoms with Crippen LogP contribution in [0.5, 0.6) is 0 Å².